The second kappa shape index (κ2) is 7.87. The highest BCUT2D eigenvalue weighted by molar-refractivity contribution is 5.89. The van der Waals surface area contributed by atoms with Crippen molar-refractivity contribution in [1.29, 1.82) is 0 Å². The van der Waals surface area contributed by atoms with Crippen molar-refractivity contribution < 1.29 is 23.1 Å². The van der Waals surface area contributed by atoms with Crippen LogP contribution in [-0.2, 0) is 6.18 Å². The highest BCUT2D eigenvalue weighted by Gasteiger charge is 2.30. The number of halogens is 3. The number of alkyl halides is 3. The van der Waals surface area contributed by atoms with Crippen molar-refractivity contribution in [2.24, 2.45) is 5.92 Å². The summed E-state index contributed by atoms with van der Waals surface area (Å²) >= 11 is 0. The van der Waals surface area contributed by atoms with Crippen LogP contribution in [0.1, 0.15) is 25.3 Å². The molecule has 0 aliphatic carbocycles. The smallest absolute Gasteiger partial charge is 0.396 e. The van der Waals surface area contributed by atoms with Gasteiger partial charge in [-0.3, -0.25) is 0 Å². The van der Waals surface area contributed by atoms with E-state index in [0.29, 0.717) is 13.0 Å². The lowest BCUT2D eigenvalue weighted by Crippen LogP contribution is -2.33. The third kappa shape index (κ3) is 6.03. The SMILES string of the molecule is CCC(CCO)CNC(=O)Nc1cccc(C(F)(F)F)c1. The summed E-state index contributed by atoms with van der Waals surface area (Å²) in [6.07, 6.45) is -3.08. The van der Waals surface area contributed by atoms with E-state index in [9.17, 15) is 18.0 Å². The van der Waals surface area contributed by atoms with E-state index in [0.717, 1.165) is 18.6 Å². The van der Waals surface area contributed by atoms with E-state index in [-0.39, 0.29) is 18.2 Å². The molecular formula is C14H19F3N2O2. The number of carbonyl (C=O) groups is 1. The van der Waals surface area contributed by atoms with Crippen LogP contribution in [0.15, 0.2) is 24.3 Å². The third-order valence-corrected chi connectivity index (χ3v) is 3.11. The molecule has 0 saturated heterocycles. The molecule has 1 unspecified atom stereocenters. The Bertz CT molecular complexity index is 464. The van der Waals surface area contributed by atoms with Crippen LogP contribution in [0.4, 0.5) is 23.7 Å². The summed E-state index contributed by atoms with van der Waals surface area (Å²) in [6, 6.07) is 3.88. The molecule has 7 heteroatoms. The molecule has 118 valence electrons. The maximum atomic E-state index is 12.5. The molecule has 4 nitrogen and oxygen atoms in total. The summed E-state index contributed by atoms with van der Waals surface area (Å²) in [4.78, 5) is 11.6. The number of hydrogen-bond acceptors (Lipinski definition) is 2. The van der Waals surface area contributed by atoms with Crippen molar-refractivity contribution in [3.8, 4) is 0 Å². The molecule has 0 radical (unpaired) electrons. The second-order valence-corrected chi connectivity index (χ2v) is 4.70. The van der Waals surface area contributed by atoms with Gasteiger partial charge in [0.2, 0.25) is 0 Å². The van der Waals surface area contributed by atoms with E-state index in [1.54, 1.807) is 0 Å². The van der Waals surface area contributed by atoms with E-state index >= 15 is 0 Å². The summed E-state index contributed by atoms with van der Waals surface area (Å²) in [5.41, 5.74) is -0.732. The molecule has 21 heavy (non-hydrogen) atoms. The molecule has 0 fully saturated rings. The number of urea groups is 1. The molecule has 3 N–H and O–H groups in total. The molecule has 1 aromatic carbocycles. The molecule has 0 saturated carbocycles. The van der Waals surface area contributed by atoms with Crippen molar-refractivity contribution in [3.05, 3.63) is 29.8 Å². The van der Waals surface area contributed by atoms with E-state index in [4.69, 9.17) is 5.11 Å². The van der Waals surface area contributed by atoms with Crippen molar-refractivity contribution in [1.82, 2.24) is 5.32 Å². The Kier molecular flexibility index (Phi) is 6.48. The van der Waals surface area contributed by atoms with Gasteiger partial charge in [-0.05, 0) is 30.5 Å². The fourth-order valence-electron chi connectivity index (χ4n) is 1.82. The van der Waals surface area contributed by atoms with Crippen LogP contribution >= 0.6 is 0 Å². The van der Waals surface area contributed by atoms with Crippen LogP contribution in [-0.4, -0.2) is 24.3 Å². The molecule has 0 aliphatic rings. The van der Waals surface area contributed by atoms with E-state index in [2.05, 4.69) is 10.6 Å². The van der Waals surface area contributed by atoms with Gasteiger partial charge in [0.1, 0.15) is 0 Å². The van der Waals surface area contributed by atoms with Gasteiger partial charge < -0.3 is 15.7 Å². The average Bonchev–Trinajstić information content (AvgIpc) is 2.42. The molecule has 0 aromatic heterocycles. The standard InChI is InChI=1S/C14H19F3N2O2/c1-2-10(6-7-20)9-18-13(21)19-12-5-3-4-11(8-12)14(15,16)17/h3-5,8,10,20H,2,6-7,9H2,1H3,(H2,18,19,21). The van der Waals surface area contributed by atoms with E-state index in [1.807, 2.05) is 6.92 Å². The second-order valence-electron chi connectivity index (χ2n) is 4.70. The first-order valence-corrected chi connectivity index (χ1v) is 6.69. The third-order valence-electron chi connectivity index (χ3n) is 3.11. The maximum absolute atomic E-state index is 12.5. The molecule has 0 spiro atoms. The highest BCUT2D eigenvalue weighted by Crippen LogP contribution is 2.30. The number of hydrogen-bond donors (Lipinski definition) is 3. The molecule has 0 aliphatic heterocycles. The van der Waals surface area contributed by atoms with Crippen LogP contribution in [0.3, 0.4) is 0 Å². The number of amides is 2. The van der Waals surface area contributed by atoms with Crippen molar-refractivity contribution in [3.63, 3.8) is 0 Å². The number of anilines is 1. The van der Waals surface area contributed by atoms with Gasteiger partial charge in [-0.15, -0.1) is 0 Å². The Morgan fingerprint density at radius 1 is 1.38 bits per heavy atom. The van der Waals surface area contributed by atoms with Crippen molar-refractivity contribution >= 4 is 11.7 Å². The number of aliphatic hydroxyl groups is 1. The van der Waals surface area contributed by atoms with Crippen LogP contribution in [0.5, 0.6) is 0 Å². The maximum Gasteiger partial charge on any atom is 0.416 e. The molecule has 0 heterocycles. The monoisotopic (exact) mass is 304 g/mol. The minimum Gasteiger partial charge on any atom is -0.396 e. The first-order chi connectivity index (χ1) is 9.86. The Balaban J connectivity index is 2.55. The molecule has 1 atom stereocenters. The van der Waals surface area contributed by atoms with Gasteiger partial charge in [-0.25, -0.2) is 4.79 Å². The van der Waals surface area contributed by atoms with Crippen LogP contribution < -0.4 is 10.6 Å². The number of benzene rings is 1. The Morgan fingerprint density at radius 2 is 2.10 bits per heavy atom. The number of aliphatic hydroxyl groups excluding tert-OH is 1. The van der Waals surface area contributed by atoms with E-state index in [1.165, 1.54) is 12.1 Å². The Morgan fingerprint density at radius 3 is 2.67 bits per heavy atom. The van der Waals surface area contributed by atoms with Crippen LogP contribution in [0, 0.1) is 5.92 Å². The largest absolute Gasteiger partial charge is 0.416 e. The van der Waals surface area contributed by atoms with Gasteiger partial charge in [-0.2, -0.15) is 13.2 Å². The zero-order valence-corrected chi connectivity index (χ0v) is 11.7. The first-order valence-electron chi connectivity index (χ1n) is 6.69. The fourth-order valence-corrected chi connectivity index (χ4v) is 1.82. The zero-order valence-electron chi connectivity index (χ0n) is 11.7. The quantitative estimate of drug-likeness (QED) is 0.755. The predicted octanol–water partition coefficient (Wildman–Crippen LogP) is 3.24. The normalized spacial score (nSPS) is 12.8. The summed E-state index contributed by atoms with van der Waals surface area (Å²) in [7, 11) is 0. The summed E-state index contributed by atoms with van der Waals surface area (Å²) in [6.45, 7) is 2.34. The summed E-state index contributed by atoms with van der Waals surface area (Å²) in [5, 5.41) is 13.8. The van der Waals surface area contributed by atoms with Gasteiger partial charge >= 0.3 is 12.2 Å². The lowest BCUT2D eigenvalue weighted by atomic mass is 10.0. The molecule has 1 rings (SSSR count). The van der Waals surface area contributed by atoms with Gasteiger partial charge in [0.25, 0.3) is 0 Å². The van der Waals surface area contributed by atoms with Gasteiger partial charge in [-0.1, -0.05) is 19.4 Å². The van der Waals surface area contributed by atoms with Gasteiger partial charge in [0.15, 0.2) is 0 Å². The highest BCUT2D eigenvalue weighted by atomic mass is 19.4. The topological polar surface area (TPSA) is 61.4 Å². The minimum absolute atomic E-state index is 0.0371. The fraction of sp³-hybridized carbons (Fsp3) is 0.500. The van der Waals surface area contributed by atoms with Crippen LogP contribution in [0.25, 0.3) is 0 Å². The first kappa shape index (κ1) is 17.3. The summed E-state index contributed by atoms with van der Waals surface area (Å²) < 4.78 is 37.6. The van der Waals surface area contributed by atoms with E-state index < -0.39 is 17.8 Å². The van der Waals surface area contributed by atoms with Crippen LogP contribution in [0.2, 0.25) is 0 Å². The number of rotatable bonds is 6. The van der Waals surface area contributed by atoms with Crippen molar-refractivity contribution in [2.45, 2.75) is 25.9 Å². The Labute approximate surface area is 121 Å². The average molecular weight is 304 g/mol. The molecular weight excluding hydrogens is 285 g/mol. The lowest BCUT2D eigenvalue weighted by Gasteiger charge is -2.15. The summed E-state index contributed by atoms with van der Waals surface area (Å²) in [5.74, 6) is 0.141. The molecule has 1 aromatic rings. The molecule has 0 bridgehead atoms. The lowest BCUT2D eigenvalue weighted by molar-refractivity contribution is -0.137. The number of carbonyl (C=O) groups excluding carboxylic acids is 1. The predicted molar refractivity (Wildman–Crippen MR) is 73.9 cm³/mol. The van der Waals surface area contributed by atoms with Gasteiger partial charge in [0.05, 0.1) is 5.56 Å². The van der Waals surface area contributed by atoms with Gasteiger partial charge in [0, 0.05) is 18.8 Å². The minimum atomic E-state index is -4.44. The van der Waals surface area contributed by atoms with Crippen molar-refractivity contribution in [2.75, 3.05) is 18.5 Å². The number of nitrogens with one attached hydrogen (secondary N) is 2. The zero-order chi connectivity index (χ0) is 15.9. The molecule has 2 amide bonds. The Hall–Kier alpha value is -1.76.